The molecule has 2 aromatic heterocycles. The third-order valence-electron chi connectivity index (χ3n) is 6.32. The van der Waals surface area contributed by atoms with Gasteiger partial charge in [-0.3, -0.25) is 4.79 Å². The lowest BCUT2D eigenvalue weighted by Gasteiger charge is -2.26. The van der Waals surface area contributed by atoms with Gasteiger partial charge in [-0.25, -0.2) is 4.98 Å². The normalized spacial score (nSPS) is 14.2. The summed E-state index contributed by atoms with van der Waals surface area (Å²) in [4.78, 5) is 20.4. The first-order valence-corrected chi connectivity index (χ1v) is 12.7. The molecule has 2 heterocycles. The van der Waals surface area contributed by atoms with Crippen LogP contribution in [0.2, 0.25) is 0 Å². The van der Waals surface area contributed by atoms with Crippen LogP contribution in [0.5, 0.6) is 11.6 Å². The van der Waals surface area contributed by atoms with Crippen molar-refractivity contribution in [3.05, 3.63) is 41.1 Å². The number of pyridine rings is 1. The highest BCUT2D eigenvalue weighted by Crippen LogP contribution is 2.32. The van der Waals surface area contributed by atoms with E-state index in [4.69, 9.17) is 19.1 Å². The maximum absolute atomic E-state index is 11.2. The molecule has 10 nitrogen and oxygen atoms in total. The van der Waals surface area contributed by atoms with Gasteiger partial charge >= 0.3 is 0 Å². The summed E-state index contributed by atoms with van der Waals surface area (Å²) >= 11 is 0. The lowest BCUT2D eigenvalue weighted by molar-refractivity contribution is -0.124. The van der Waals surface area contributed by atoms with E-state index in [9.17, 15) is 9.90 Å². The molecule has 0 unspecified atom stereocenters. The molecule has 198 valence electrons. The highest BCUT2D eigenvalue weighted by Gasteiger charge is 2.21. The van der Waals surface area contributed by atoms with Crippen LogP contribution in [0.15, 0.2) is 28.8 Å². The van der Waals surface area contributed by atoms with E-state index in [1.165, 1.54) is 6.42 Å². The minimum Gasteiger partial charge on any atom is -0.490 e. The van der Waals surface area contributed by atoms with Crippen molar-refractivity contribution >= 4 is 5.91 Å². The number of aryl methyl sites for hydroxylation is 3. The number of aromatic nitrogens is 3. The molecule has 1 saturated carbocycles. The topological polar surface area (TPSA) is 140 Å². The number of hydrogen-bond donors (Lipinski definition) is 3. The summed E-state index contributed by atoms with van der Waals surface area (Å²) in [6.07, 6.45) is 4.06. The Morgan fingerprint density at radius 1 is 1.16 bits per heavy atom. The molecule has 0 bridgehead atoms. The Morgan fingerprint density at radius 2 is 1.97 bits per heavy atom. The molecular formula is C27H34N4O6. The molecule has 0 aliphatic heterocycles. The van der Waals surface area contributed by atoms with Crippen LogP contribution in [0.1, 0.15) is 49.9 Å². The number of nitrogens with one attached hydrogen (secondary N) is 1. The average Bonchev–Trinajstić information content (AvgIpc) is 3.38. The van der Waals surface area contributed by atoms with Gasteiger partial charge in [-0.15, -0.1) is 0 Å². The minimum atomic E-state index is -0.911. The molecule has 37 heavy (non-hydrogen) atoms. The predicted molar refractivity (Wildman–Crippen MR) is 136 cm³/mol. The first kappa shape index (κ1) is 26.6. The second kappa shape index (κ2) is 12.2. The summed E-state index contributed by atoms with van der Waals surface area (Å²) in [6, 6.07) is 7.66. The smallest absolute Gasteiger partial charge is 0.258 e. The van der Waals surface area contributed by atoms with E-state index in [0.29, 0.717) is 29.8 Å². The minimum absolute atomic E-state index is 0.00167. The summed E-state index contributed by atoms with van der Waals surface area (Å²) in [5.74, 6) is 1.56. The number of aliphatic hydroxyl groups excluding tert-OH is 2. The number of carbonyl (C=O) groups excluding carboxylic acids is 1. The third kappa shape index (κ3) is 6.64. The van der Waals surface area contributed by atoms with Crippen molar-refractivity contribution < 1.29 is 29.0 Å². The van der Waals surface area contributed by atoms with Gasteiger partial charge in [-0.2, -0.15) is 4.98 Å². The average molecular weight is 511 g/mol. The zero-order valence-corrected chi connectivity index (χ0v) is 21.5. The Bertz CT molecular complexity index is 1220. The van der Waals surface area contributed by atoms with Crippen LogP contribution >= 0.6 is 0 Å². The van der Waals surface area contributed by atoms with E-state index in [1.807, 2.05) is 45.0 Å². The van der Waals surface area contributed by atoms with Gasteiger partial charge in [0.15, 0.2) is 0 Å². The van der Waals surface area contributed by atoms with Crippen LogP contribution in [-0.4, -0.2) is 63.2 Å². The maximum Gasteiger partial charge on any atom is 0.258 e. The van der Waals surface area contributed by atoms with E-state index in [2.05, 4.69) is 20.4 Å². The van der Waals surface area contributed by atoms with Crippen molar-refractivity contribution in [3.63, 3.8) is 0 Å². The standard InChI is InChI=1S/C27H34N4O6/c1-4-17-10-18(9-16(3)25(17)35-15-21(33)13-28-23(34)14-32)26-30-27(37-31-26)19-11-20(5-2)29-24(12-19)36-22-7-6-8-22/h9-12,21-22,32-33H,4-8,13-15H2,1-3H3,(H,28,34)/t21-/m0/s1. The summed E-state index contributed by atoms with van der Waals surface area (Å²) in [6.45, 7) is 5.34. The number of aliphatic hydroxyl groups is 2. The van der Waals surface area contributed by atoms with E-state index in [-0.39, 0.29) is 19.3 Å². The molecule has 3 N–H and O–H groups in total. The molecule has 1 atom stereocenters. The van der Waals surface area contributed by atoms with Crippen LogP contribution in [0, 0.1) is 6.92 Å². The van der Waals surface area contributed by atoms with Gasteiger partial charge in [-0.05, 0) is 68.4 Å². The van der Waals surface area contributed by atoms with Gasteiger partial charge in [0, 0.05) is 29.4 Å². The van der Waals surface area contributed by atoms with Crippen LogP contribution in [0.4, 0.5) is 0 Å². The molecule has 10 heteroatoms. The molecule has 1 amide bonds. The molecule has 0 spiro atoms. The fourth-order valence-electron chi connectivity index (χ4n) is 4.01. The first-order valence-electron chi connectivity index (χ1n) is 12.7. The Kier molecular flexibility index (Phi) is 8.73. The van der Waals surface area contributed by atoms with Crippen LogP contribution in [-0.2, 0) is 17.6 Å². The third-order valence-corrected chi connectivity index (χ3v) is 6.32. The van der Waals surface area contributed by atoms with Crippen molar-refractivity contribution in [1.82, 2.24) is 20.4 Å². The second-order valence-corrected chi connectivity index (χ2v) is 9.19. The first-order chi connectivity index (χ1) is 17.9. The summed E-state index contributed by atoms with van der Waals surface area (Å²) < 4.78 is 17.5. The summed E-state index contributed by atoms with van der Waals surface area (Å²) in [7, 11) is 0. The number of rotatable bonds is 12. The predicted octanol–water partition coefficient (Wildman–Crippen LogP) is 3.01. The van der Waals surface area contributed by atoms with Crippen LogP contribution in [0.25, 0.3) is 22.8 Å². The van der Waals surface area contributed by atoms with Gasteiger partial charge in [0.05, 0.1) is 0 Å². The maximum atomic E-state index is 11.2. The molecule has 1 aliphatic carbocycles. The van der Waals surface area contributed by atoms with Crippen LogP contribution in [0.3, 0.4) is 0 Å². The van der Waals surface area contributed by atoms with E-state index < -0.39 is 18.6 Å². The molecule has 4 rings (SSSR count). The van der Waals surface area contributed by atoms with Crippen LogP contribution < -0.4 is 14.8 Å². The van der Waals surface area contributed by atoms with Crippen molar-refractivity contribution in [2.45, 2.75) is 65.1 Å². The number of nitrogens with zero attached hydrogens (tertiary/aromatic N) is 3. The Labute approximate surface area is 216 Å². The van der Waals surface area contributed by atoms with Crippen molar-refractivity contribution in [1.29, 1.82) is 0 Å². The highest BCUT2D eigenvalue weighted by atomic mass is 16.5. The lowest BCUT2D eigenvalue weighted by Crippen LogP contribution is -2.36. The van der Waals surface area contributed by atoms with Gasteiger partial charge < -0.3 is 29.5 Å². The highest BCUT2D eigenvalue weighted by molar-refractivity contribution is 5.76. The number of benzene rings is 1. The summed E-state index contributed by atoms with van der Waals surface area (Å²) in [5, 5.41) is 25.5. The Hall–Kier alpha value is -3.50. The SMILES string of the molecule is CCc1cc(-c2nc(-c3cc(C)c(OC[C@@H](O)CNC(=O)CO)c(CC)c3)no2)cc(OC2CCC2)n1. The number of carbonyl (C=O) groups is 1. The van der Waals surface area contributed by atoms with Crippen molar-refractivity contribution in [2.24, 2.45) is 0 Å². The molecule has 1 aromatic carbocycles. The zero-order chi connectivity index (χ0) is 26.4. The van der Waals surface area contributed by atoms with E-state index >= 15 is 0 Å². The lowest BCUT2D eigenvalue weighted by atomic mass is 9.96. The Balaban J connectivity index is 1.51. The molecule has 1 fully saturated rings. The van der Waals surface area contributed by atoms with Gasteiger partial charge in [0.25, 0.3) is 5.89 Å². The number of hydrogen-bond acceptors (Lipinski definition) is 9. The van der Waals surface area contributed by atoms with Crippen molar-refractivity contribution in [2.75, 3.05) is 19.8 Å². The monoisotopic (exact) mass is 510 g/mol. The second-order valence-electron chi connectivity index (χ2n) is 9.19. The molecule has 0 saturated heterocycles. The quantitative estimate of drug-likeness (QED) is 0.335. The fraction of sp³-hybridized carbons (Fsp3) is 0.481. The van der Waals surface area contributed by atoms with E-state index in [0.717, 1.165) is 47.2 Å². The fourth-order valence-corrected chi connectivity index (χ4v) is 4.01. The Morgan fingerprint density at radius 3 is 2.65 bits per heavy atom. The molecule has 3 aromatic rings. The number of amides is 1. The zero-order valence-electron chi connectivity index (χ0n) is 21.5. The van der Waals surface area contributed by atoms with E-state index in [1.54, 1.807) is 0 Å². The number of ether oxygens (including phenoxy) is 2. The van der Waals surface area contributed by atoms with Crippen molar-refractivity contribution in [3.8, 4) is 34.5 Å². The molecule has 0 radical (unpaired) electrons. The largest absolute Gasteiger partial charge is 0.490 e. The molecule has 1 aliphatic rings. The molecular weight excluding hydrogens is 476 g/mol. The van der Waals surface area contributed by atoms with Gasteiger partial charge in [0.2, 0.25) is 17.6 Å². The summed E-state index contributed by atoms with van der Waals surface area (Å²) in [5.41, 5.74) is 4.26. The van der Waals surface area contributed by atoms with Gasteiger partial charge in [-0.1, -0.05) is 19.0 Å². The van der Waals surface area contributed by atoms with Gasteiger partial charge in [0.1, 0.15) is 31.2 Å².